The van der Waals surface area contributed by atoms with E-state index in [1.54, 1.807) is 23.1 Å². The predicted octanol–water partition coefficient (Wildman–Crippen LogP) is 3.38. The van der Waals surface area contributed by atoms with E-state index in [9.17, 15) is 14.4 Å². The first-order chi connectivity index (χ1) is 14.7. The minimum atomic E-state index is -0.998. The summed E-state index contributed by atoms with van der Waals surface area (Å²) in [6.45, 7) is 4.89. The van der Waals surface area contributed by atoms with Gasteiger partial charge >= 0.3 is 5.97 Å². The second-order valence-electron chi connectivity index (χ2n) is 6.37. The molecule has 1 fully saturated rings. The van der Waals surface area contributed by atoms with Crippen LogP contribution >= 0.6 is 39.9 Å². The van der Waals surface area contributed by atoms with Crippen LogP contribution in [0.2, 0.25) is 0 Å². The normalized spacial score (nSPS) is 14.8. The molecule has 1 aliphatic rings. The number of carboxylic acid groups (broad SMARTS) is 1. The number of halogens is 1. The number of carboxylic acids is 1. The van der Waals surface area contributed by atoms with Crippen LogP contribution in [0.25, 0.3) is 6.08 Å². The number of thiocarbonyl (C=S) groups is 1. The summed E-state index contributed by atoms with van der Waals surface area (Å²) in [4.78, 5) is 38.9. The van der Waals surface area contributed by atoms with E-state index < -0.39 is 5.97 Å². The number of likely N-dealkylation sites (N-methyl/N-ethyl adjacent to an activating group) is 1. The molecule has 0 bridgehead atoms. The molecule has 0 radical (unpaired) electrons. The lowest BCUT2D eigenvalue weighted by Gasteiger charge is -2.20. The van der Waals surface area contributed by atoms with Gasteiger partial charge in [0.05, 0.1) is 22.9 Å². The molecule has 0 aliphatic carbocycles. The Hall–Kier alpha value is -2.11. The fourth-order valence-corrected chi connectivity index (χ4v) is 4.70. The van der Waals surface area contributed by atoms with Gasteiger partial charge < -0.3 is 19.5 Å². The molecule has 0 aromatic heterocycles. The number of carbonyl (C=O) groups is 3. The van der Waals surface area contributed by atoms with Gasteiger partial charge in [0.15, 0.2) is 18.1 Å². The summed E-state index contributed by atoms with van der Waals surface area (Å²) in [5.41, 5.74) is 0.657. The largest absolute Gasteiger partial charge is 0.493 e. The molecule has 0 saturated carbocycles. The van der Waals surface area contributed by atoms with E-state index in [0.29, 0.717) is 43.9 Å². The average molecular weight is 531 g/mol. The van der Waals surface area contributed by atoms with E-state index in [0.717, 1.165) is 11.8 Å². The maximum Gasteiger partial charge on any atom is 0.305 e. The van der Waals surface area contributed by atoms with Crippen molar-refractivity contribution in [1.82, 2.24) is 9.80 Å². The van der Waals surface area contributed by atoms with Gasteiger partial charge in [-0.25, -0.2) is 0 Å². The molecule has 0 atom stereocenters. The molecule has 2 amide bonds. The number of rotatable bonds is 10. The van der Waals surface area contributed by atoms with Crippen molar-refractivity contribution in [3.05, 3.63) is 27.1 Å². The van der Waals surface area contributed by atoms with Crippen molar-refractivity contribution in [1.29, 1.82) is 0 Å². The van der Waals surface area contributed by atoms with Crippen molar-refractivity contribution in [2.24, 2.45) is 0 Å². The second kappa shape index (κ2) is 11.5. The molecule has 1 N–H and O–H groups in total. The van der Waals surface area contributed by atoms with Crippen LogP contribution in [0.5, 0.6) is 11.5 Å². The highest BCUT2D eigenvalue weighted by molar-refractivity contribution is 9.10. The fourth-order valence-electron chi connectivity index (χ4n) is 2.82. The quantitative estimate of drug-likeness (QED) is 0.363. The fraction of sp³-hybridized carbons (Fsp3) is 0.400. The van der Waals surface area contributed by atoms with Crippen molar-refractivity contribution in [3.63, 3.8) is 0 Å². The van der Waals surface area contributed by atoms with Crippen LogP contribution in [0.1, 0.15) is 25.8 Å². The lowest BCUT2D eigenvalue weighted by Crippen LogP contribution is -2.34. The third-order valence-corrected chi connectivity index (χ3v) is 6.40. The van der Waals surface area contributed by atoms with Crippen molar-refractivity contribution < 1.29 is 29.0 Å². The molecule has 1 aromatic carbocycles. The average Bonchev–Trinajstić information content (AvgIpc) is 2.98. The van der Waals surface area contributed by atoms with Gasteiger partial charge in [0.1, 0.15) is 4.32 Å². The van der Waals surface area contributed by atoms with Crippen molar-refractivity contribution in [3.8, 4) is 11.5 Å². The van der Waals surface area contributed by atoms with Gasteiger partial charge in [-0.05, 0) is 53.5 Å². The Bertz CT molecular complexity index is 917. The van der Waals surface area contributed by atoms with Crippen LogP contribution in [0.15, 0.2) is 21.5 Å². The Balaban J connectivity index is 2.21. The van der Waals surface area contributed by atoms with Crippen molar-refractivity contribution in [2.45, 2.75) is 20.3 Å². The van der Waals surface area contributed by atoms with Crippen LogP contribution in [-0.4, -0.2) is 70.4 Å². The molecule has 11 heteroatoms. The summed E-state index contributed by atoms with van der Waals surface area (Å²) < 4.78 is 12.0. The highest BCUT2D eigenvalue weighted by Gasteiger charge is 2.32. The summed E-state index contributed by atoms with van der Waals surface area (Å²) in [5, 5.41) is 8.84. The first-order valence-electron chi connectivity index (χ1n) is 9.47. The van der Waals surface area contributed by atoms with Gasteiger partial charge in [-0.1, -0.05) is 24.0 Å². The highest BCUT2D eigenvalue weighted by Crippen LogP contribution is 2.39. The van der Waals surface area contributed by atoms with Gasteiger partial charge in [-0.15, -0.1) is 0 Å². The highest BCUT2D eigenvalue weighted by atomic mass is 79.9. The maximum atomic E-state index is 12.6. The summed E-state index contributed by atoms with van der Waals surface area (Å²) in [7, 11) is 1.48. The molecular formula is C20H23BrN2O6S2. The number of amides is 2. The minimum absolute atomic E-state index is 0.0255. The number of ether oxygens (including phenoxy) is 2. The van der Waals surface area contributed by atoms with Crippen molar-refractivity contribution in [2.75, 3.05) is 33.4 Å². The number of hydrogen-bond acceptors (Lipinski definition) is 7. The molecule has 31 heavy (non-hydrogen) atoms. The molecule has 8 nitrogen and oxygen atoms in total. The van der Waals surface area contributed by atoms with Crippen LogP contribution in [0.3, 0.4) is 0 Å². The van der Waals surface area contributed by atoms with E-state index in [1.807, 2.05) is 13.8 Å². The molecule has 1 heterocycles. The first-order valence-corrected chi connectivity index (χ1v) is 11.5. The summed E-state index contributed by atoms with van der Waals surface area (Å²) >= 11 is 9.75. The Morgan fingerprint density at radius 3 is 2.58 bits per heavy atom. The Morgan fingerprint density at radius 1 is 1.32 bits per heavy atom. The Kier molecular flexibility index (Phi) is 9.32. The molecular weight excluding hydrogens is 508 g/mol. The summed E-state index contributed by atoms with van der Waals surface area (Å²) in [6, 6.07) is 3.43. The topological polar surface area (TPSA) is 96.4 Å². The molecule has 2 rings (SSSR count). The smallest absolute Gasteiger partial charge is 0.305 e. The lowest BCUT2D eigenvalue weighted by atomic mass is 10.2. The van der Waals surface area contributed by atoms with Crippen molar-refractivity contribution >= 4 is 68.1 Å². The first kappa shape index (κ1) is 25.2. The standard InChI is InChI=1S/C20H23BrN2O6S2/c1-4-22(5-2)16(24)11-29-18-13(21)8-12(9-14(18)28-3)10-15-19(27)23(20(30)31-15)7-6-17(25)26/h8-10H,4-7,11H2,1-3H3,(H,25,26)/b15-10+. The van der Waals surface area contributed by atoms with E-state index in [4.69, 9.17) is 26.8 Å². The van der Waals surface area contributed by atoms with Gasteiger partial charge in [-0.3, -0.25) is 19.3 Å². The van der Waals surface area contributed by atoms with E-state index >= 15 is 0 Å². The molecule has 0 spiro atoms. The number of aliphatic carboxylic acids is 1. The maximum absolute atomic E-state index is 12.6. The minimum Gasteiger partial charge on any atom is -0.493 e. The number of thioether (sulfide) groups is 1. The molecule has 168 valence electrons. The van der Waals surface area contributed by atoms with E-state index in [-0.39, 0.29) is 31.4 Å². The summed E-state index contributed by atoms with van der Waals surface area (Å²) in [6.07, 6.45) is 1.47. The number of nitrogens with zero attached hydrogens (tertiary/aromatic N) is 2. The van der Waals surface area contributed by atoms with Crippen LogP contribution < -0.4 is 9.47 Å². The predicted molar refractivity (Wildman–Crippen MR) is 126 cm³/mol. The monoisotopic (exact) mass is 530 g/mol. The molecule has 1 aromatic rings. The number of benzene rings is 1. The second-order valence-corrected chi connectivity index (χ2v) is 8.90. The summed E-state index contributed by atoms with van der Waals surface area (Å²) in [5.74, 6) is -0.685. The van der Waals surface area contributed by atoms with Crippen LogP contribution in [0, 0.1) is 0 Å². The zero-order chi connectivity index (χ0) is 23.1. The van der Waals surface area contributed by atoms with Crippen LogP contribution in [-0.2, 0) is 14.4 Å². The van der Waals surface area contributed by atoms with Gasteiger partial charge in [0.2, 0.25) is 0 Å². The number of carbonyl (C=O) groups excluding carboxylic acids is 2. The molecule has 1 saturated heterocycles. The number of methoxy groups -OCH3 is 1. The zero-order valence-corrected chi connectivity index (χ0v) is 20.6. The van der Waals surface area contributed by atoms with Gasteiger partial charge in [0, 0.05) is 19.6 Å². The molecule has 1 aliphatic heterocycles. The van der Waals surface area contributed by atoms with Gasteiger partial charge in [0.25, 0.3) is 11.8 Å². The Labute approximate surface area is 198 Å². The Morgan fingerprint density at radius 2 is 2.00 bits per heavy atom. The third-order valence-electron chi connectivity index (χ3n) is 4.43. The van der Waals surface area contributed by atoms with Gasteiger partial charge in [-0.2, -0.15) is 0 Å². The van der Waals surface area contributed by atoms with E-state index in [1.165, 1.54) is 12.0 Å². The molecule has 0 unspecified atom stereocenters. The SMILES string of the molecule is CCN(CC)C(=O)COc1c(Br)cc(/C=C2/SC(=S)N(CCC(=O)O)C2=O)cc1OC. The zero-order valence-electron chi connectivity index (χ0n) is 17.3. The van der Waals surface area contributed by atoms with E-state index in [2.05, 4.69) is 15.9 Å². The third kappa shape index (κ3) is 6.44. The lowest BCUT2D eigenvalue weighted by molar-refractivity contribution is -0.137. The number of hydrogen-bond donors (Lipinski definition) is 1. The van der Waals surface area contributed by atoms with Crippen LogP contribution in [0.4, 0.5) is 0 Å².